The van der Waals surface area contributed by atoms with Crippen molar-refractivity contribution in [2.24, 2.45) is 0 Å². The van der Waals surface area contributed by atoms with E-state index >= 15 is 0 Å². The Balaban J connectivity index is 0. The normalized spacial score (nSPS) is 0. The Kier molecular flexibility index (Phi) is 359. The minimum Gasteiger partial charge on any atom is -2.00 e. The fraction of sp³-hybridized carbons (Fsp3) is 0. The van der Waals surface area contributed by atoms with Crippen LogP contribution in [0.1, 0.15) is 0 Å². The molecule has 0 aliphatic rings. The fourth-order valence-corrected chi connectivity index (χ4v) is 0. The van der Waals surface area contributed by atoms with Crippen molar-refractivity contribution in [1.29, 1.82) is 0 Å². The van der Waals surface area contributed by atoms with Gasteiger partial charge in [-0.05, 0) is 0 Å². The first-order valence-corrected chi connectivity index (χ1v) is 0. The first kappa shape index (κ1) is 54.4. The average molecular weight is 277 g/mol. The molecule has 4 heteroatoms. The molecule has 0 aromatic rings. The van der Waals surface area contributed by atoms with Gasteiger partial charge in [0.2, 0.25) is 0 Å². The van der Waals surface area contributed by atoms with Crippen LogP contribution in [0.4, 0.5) is 0 Å². The van der Waals surface area contributed by atoms with Gasteiger partial charge in [-0.3, -0.25) is 0 Å². The third-order valence-corrected chi connectivity index (χ3v) is 0. The summed E-state index contributed by atoms with van der Waals surface area (Å²) in [5, 5.41) is 0. The van der Waals surface area contributed by atoms with Gasteiger partial charge in [0.05, 0.1) is 0 Å². The minimum atomic E-state index is 0. The molecule has 0 unspecified atom stereocenters. The van der Waals surface area contributed by atoms with Crippen LogP contribution >= 0.6 is 0 Å². The summed E-state index contributed by atoms with van der Waals surface area (Å²) >= 11 is 0. The quantitative estimate of drug-likeness (QED) is 0.549. The Bertz CT molecular complexity index is 6.00. The van der Waals surface area contributed by atoms with Gasteiger partial charge in [0.25, 0.3) is 0 Å². The Morgan fingerprint density at radius 2 is 0.750 bits per heavy atom. The molecule has 0 spiro atoms. The monoisotopic (exact) mass is 277 g/mol. The van der Waals surface area contributed by atoms with Crippen molar-refractivity contribution in [3.05, 3.63) is 0 Å². The zero-order chi connectivity index (χ0) is 0. The summed E-state index contributed by atoms with van der Waals surface area (Å²) in [4.78, 5) is 0. The number of rotatable bonds is 0. The molecule has 4 heavy (non-hydrogen) atoms. The Labute approximate surface area is 55.0 Å². The molecule has 24 valence electrons. The molecule has 2 nitrogen and oxygen atoms in total. The molecular formula is AuO2Ti+3. The van der Waals surface area contributed by atoms with Gasteiger partial charge in [-0.2, -0.15) is 0 Å². The number of hydrogen-bond acceptors (Lipinski definition) is 0. The van der Waals surface area contributed by atoms with Crippen molar-refractivity contribution in [2.45, 2.75) is 0 Å². The average Bonchev–Trinajstić information content (AvgIpc) is 0. The van der Waals surface area contributed by atoms with Crippen LogP contribution in [0.5, 0.6) is 0 Å². The van der Waals surface area contributed by atoms with Gasteiger partial charge in [0.1, 0.15) is 0 Å². The van der Waals surface area contributed by atoms with Gasteiger partial charge in [-0.25, -0.2) is 0 Å². The Hall–Kier alpha value is 1.37. The third kappa shape index (κ3) is 10.1. The van der Waals surface area contributed by atoms with E-state index in [0.29, 0.717) is 0 Å². The molecule has 0 N–H and O–H groups in total. The zero-order valence-electron chi connectivity index (χ0n) is 1.62. The van der Waals surface area contributed by atoms with E-state index in [2.05, 4.69) is 0 Å². The first-order chi connectivity index (χ1) is 0. The summed E-state index contributed by atoms with van der Waals surface area (Å²) in [6.45, 7) is 0. The summed E-state index contributed by atoms with van der Waals surface area (Å²) in [5.74, 6) is 0. The van der Waals surface area contributed by atoms with Crippen LogP contribution in [-0.4, -0.2) is 0 Å². The molecule has 0 amide bonds. The second-order valence-electron chi connectivity index (χ2n) is 0. The second kappa shape index (κ2) is 26.4. The van der Waals surface area contributed by atoms with E-state index in [-0.39, 0.29) is 55.1 Å². The van der Waals surface area contributed by atoms with Crippen molar-refractivity contribution < 1.29 is 55.1 Å². The van der Waals surface area contributed by atoms with Crippen molar-refractivity contribution in [1.82, 2.24) is 0 Å². The Morgan fingerprint density at radius 3 is 0.750 bits per heavy atom. The predicted octanol–water partition coefficient (Wildman–Crippen LogP) is -0.243. The van der Waals surface area contributed by atoms with Crippen LogP contribution in [0.2, 0.25) is 0 Å². The van der Waals surface area contributed by atoms with E-state index < -0.39 is 0 Å². The van der Waals surface area contributed by atoms with E-state index in [1.54, 1.807) is 0 Å². The molecule has 0 aliphatic carbocycles. The third-order valence-electron chi connectivity index (χ3n) is 0. The molecule has 0 aliphatic heterocycles. The molecule has 0 atom stereocenters. The molecule has 0 saturated heterocycles. The van der Waals surface area contributed by atoms with Crippen molar-refractivity contribution >= 4 is 0 Å². The molecular weight excluding hydrogens is 277 g/mol. The largest absolute Gasteiger partial charge is 4.00 e. The summed E-state index contributed by atoms with van der Waals surface area (Å²) in [5.41, 5.74) is 0. The zero-order valence-corrected chi connectivity index (χ0v) is 5.35. The second-order valence-corrected chi connectivity index (χ2v) is 0. The van der Waals surface area contributed by atoms with Crippen LogP contribution in [0, 0.1) is 0 Å². The summed E-state index contributed by atoms with van der Waals surface area (Å²) in [6, 6.07) is 0. The van der Waals surface area contributed by atoms with Crippen molar-refractivity contribution in [3.8, 4) is 0 Å². The van der Waals surface area contributed by atoms with Gasteiger partial charge in [0.15, 0.2) is 0 Å². The van der Waals surface area contributed by atoms with E-state index in [9.17, 15) is 0 Å². The molecule has 0 radical (unpaired) electrons. The maximum atomic E-state index is 0. The summed E-state index contributed by atoms with van der Waals surface area (Å²) in [6.07, 6.45) is 0. The van der Waals surface area contributed by atoms with E-state index in [1.165, 1.54) is 0 Å². The van der Waals surface area contributed by atoms with E-state index in [0.717, 1.165) is 0 Å². The molecule has 0 bridgehead atoms. The predicted molar refractivity (Wildman–Crippen MR) is 1.37 cm³/mol. The standard InChI is InChI=1S/Au.2O.Ti/q+3;2*-2;+4. The molecule has 0 fully saturated rings. The van der Waals surface area contributed by atoms with Gasteiger partial charge < -0.3 is 11.0 Å². The van der Waals surface area contributed by atoms with Crippen LogP contribution < -0.4 is 0 Å². The molecule has 0 heterocycles. The van der Waals surface area contributed by atoms with Crippen molar-refractivity contribution in [2.75, 3.05) is 0 Å². The summed E-state index contributed by atoms with van der Waals surface area (Å²) < 4.78 is 0. The molecule has 0 aromatic heterocycles. The topological polar surface area (TPSA) is 57.0 Å². The van der Waals surface area contributed by atoms with Crippen LogP contribution in [-0.2, 0) is 55.1 Å². The van der Waals surface area contributed by atoms with Crippen LogP contribution in [0.3, 0.4) is 0 Å². The molecule has 0 aromatic carbocycles. The summed E-state index contributed by atoms with van der Waals surface area (Å²) in [7, 11) is 0. The van der Waals surface area contributed by atoms with Gasteiger partial charge in [0, 0.05) is 0 Å². The molecule has 0 rings (SSSR count). The minimum absolute atomic E-state index is 0. The van der Waals surface area contributed by atoms with Crippen molar-refractivity contribution in [3.63, 3.8) is 0 Å². The van der Waals surface area contributed by atoms with Gasteiger partial charge in [-0.1, -0.05) is 0 Å². The van der Waals surface area contributed by atoms with E-state index in [4.69, 9.17) is 0 Å². The maximum Gasteiger partial charge on any atom is 4.00 e. The van der Waals surface area contributed by atoms with E-state index in [1.807, 2.05) is 0 Å². The smallest absolute Gasteiger partial charge is 2.00 e. The van der Waals surface area contributed by atoms with Gasteiger partial charge in [-0.15, -0.1) is 0 Å². The van der Waals surface area contributed by atoms with Crippen LogP contribution in [0.25, 0.3) is 0 Å². The Morgan fingerprint density at radius 1 is 0.750 bits per heavy atom. The van der Waals surface area contributed by atoms with Crippen LogP contribution in [0.15, 0.2) is 0 Å². The maximum absolute atomic E-state index is 0. The van der Waals surface area contributed by atoms with Gasteiger partial charge >= 0.3 is 44.1 Å². The SMILES string of the molecule is [Au+3].[O-2].[O-2].[Ti+4]. The first-order valence-electron chi connectivity index (χ1n) is 0. The number of hydrogen-bond donors (Lipinski definition) is 0. The molecule has 0 saturated carbocycles. The fourth-order valence-electron chi connectivity index (χ4n) is 0.